The third-order valence-corrected chi connectivity index (χ3v) is 10.6. The summed E-state index contributed by atoms with van der Waals surface area (Å²) in [7, 11) is -3.24. The number of fused-ring (bicyclic) bond motifs is 1. The van der Waals surface area contributed by atoms with Gasteiger partial charge in [0, 0.05) is 43.0 Å². The number of nitrogens with one attached hydrogen (secondary N) is 3. The zero-order valence-electron chi connectivity index (χ0n) is 21.8. The fourth-order valence-corrected chi connectivity index (χ4v) is 8.59. The molecule has 4 heterocycles. The molecule has 5 atom stereocenters. The van der Waals surface area contributed by atoms with Crippen molar-refractivity contribution in [2.45, 2.75) is 62.6 Å². The van der Waals surface area contributed by atoms with Gasteiger partial charge in [0.15, 0.2) is 0 Å². The summed E-state index contributed by atoms with van der Waals surface area (Å²) in [5, 5.41) is 22.6. The van der Waals surface area contributed by atoms with Gasteiger partial charge in [0.05, 0.1) is 23.1 Å². The molecule has 39 heavy (non-hydrogen) atoms. The highest BCUT2D eigenvalue weighted by Crippen LogP contribution is 2.56. The summed E-state index contributed by atoms with van der Waals surface area (Å²) in [5.41, 5.74) is 1.69. The second-order valence-corrected chi connectivity index (χ2v) is 14.0. The molecule has 0 aromatic carbocycles. The molecule has 1 saturated heterocycles. The van der Waals surface area contributed by atoms with Crippen LogP contribution in [0.2, 0.25) is 0 Å². The van der Waals surface area contributed by atoms with Gasteiger partial charge in [0.2, 0.25) is 10.0 Å². The molecule has 208 valence electrons. The molecule has 5 aliphatic rings. The van der Waals surface area contributed by atoms with Crippen molar-refractivity contribution in [2.24, 2.45) is 17.8 Å². The standard InChI is InChI=1S/C26H33N7O5S/c1-39(36,37)33-6-3-17(4-7-33)29-24(34)23-31-25(38-32-23)19-13-28-22-18(2-5-27-22)21(19)30-20-15-8-14-9-16(20)12-26(35,10-14)11-15/h2,5,13-17,20,35H,3-4,6-12H2,1H3,(H,29,34)(H2,27,28,30)/t14?,15-,16+,20+,26-. The predicted molar refractivity (Wildman–Crippen MR) is 142 cm³/mol. The van der Waals surface area contributed by atoms with Crippen LogP contribution < -0.4 is 10.6 Å². The van der Waals surface area contributed by atoms with Crippen molar-refractivity contribution in [3.05, 3.63) is 24.3 Å². The molecule has 4 aliphatic carbocycles. The van der Waals surface area contributed by atoms with Crippen molar-refractivity contribution in [3.8, 4) is 11.5 Å². The molecule has 13 heteroatoms. The molecule has 0 radical (unpaired) electrons. The number of amides is 1. The number of sulfonamides is 1. The SMILES string of the molecule is CS(=O)(=O)N1CCC(NC(=O)c2noc(-c3cnc4[nH]ccc4c3N[C@H]3[C@@H]4CC5C[C@H]3C[C@@](O)(C5)C4)n2)CC1. The molecule has 1 unspecified atom stereocenters. The number of nitrogens with zero attached hydrogens (tertiary/aromatic N) is 4. The Balaban J connectivity index is 1.12. The summed E-state index contributed by atoms with van der Waals surface area (Å²) in [4.78, 5) is 25.0. The van der Waals surface area contributed by atoms with Gasteiger partial charge in [-0.1, -0.05) is 5.16 Å². The van der Waals surface area contributed by atoms with E-state index < -0.39 is 21.5 Å². The monoisotopic (exact) mass is 555 g/mol. The maximum atomic E-state index is 12.9. The van der Waals surface area contributed by atoms with Crippen LogP contribution >= 0.6 is 0 Å². The van der Waals surface area contributed by atoms with E-state index in [0.29, 0.717) is 49.2 Å². The smallest absolute Gasteiger partial charge is 0.292 e. The second-order valence-electron chi connectivity index (χ2n) is 12.0. The summed E-state index contributed by atoms with van der Waals surface area (Å²) in [6.07, 6.45) is 10.6. The lowest BCUT2D eigenvalue weighted by Gasteiger charge is -2.58. The third-order valence-electron chi connectivity index (χ3n) is 9.26. The molecule has 1 aliphatic heterocycles. The number of carbonyl (C=O) groups excluding carboxylic acids is 1. The fourth-order valence-electron chi connectivity index (χ4n) is 7.72. The van der Waals surface area contributed by atoms with Crippen molar-refractivity contribution in [1.29, 1.82) is 0 Å². The first-order valence-electron chi connectivity index (χ1n) is 13.7. The third kappa shape index (κ3) is 4.49. The van der Waals surface area contributed by atoms with E-state index >= 15 is 0 Å². The van der Waals surface area contributed by atoms with Crippen LogP contribution in [0.4, 0.5) is 5.69 Å². The number of piperidine rings is 1. The molecule has 3 aromatic rings. The van der Waals surface area contributed by atoms with Crippen LogP contribution in [-0.4, -0.2) is 80.9 Å². The molecule has 4 saturated carbocycles. The number of aliphatic hydroxyl groups is 1. The van der Waals surface area contributed by atoms with Gasteiger partial charge in [-0.05, 0) is 68.8 Å². The van der Waals surface area contributed by atoms with Gasteiger partial charge in [0.25, 0.3) is 17.6 Å². The first kappa shape index (κ1) is 25.0. The minimum Gasteiger partial charge on any atom is -0.390 e. The molecule has 4 bridgehead atoms. The molecule has 0 spiro atoms. The molecule has 1 amide bonds. The molecule has 8 rings (SSSR count). The number of hydrogen-bond acceptors (Lipinski definition) is 9. The van der Waals surface area contributed by atoms with Gasteiger partial charge in [-0.3, -0.25) is 4.79 Å². The Bertz CT molecular complexity index is 1510. The van der Waals surface area contributed by atoms with Crippen molar-refractivity contribution in [3.63, 3.8) is 0 Å². The van der Waals surface area contributed by atoms with Crippen LogP contribution in [0.5, 0.6) is 0 Å². The largest absolute Gasteiger partial charge is 0.390 e. The van der Waals surface area contributed by atoms with Crippen LogP contribution in [0.15, 0.2) is 23.0 Å². The van der Waals surface area contributed by atoms with Gasteiger partial charge >= 0.3 is 0 Å². The Morgan fingerprint density at radius 2 is 1.95 bits per heavy atom. The zero-order chi connectivity index (χ0) is 26.9. The lowest BCUT2D eigenvalue weighted by Crippen LogP contribution is -2.59. The summed E-state index contributed by atoms with van der Waals surface area (Å²) < 4.78 is 30.5. The summed E-state index contributed by atoms with van der Waals surface area (Å²) in [5.74, 6) is 1.07. The molecule has 3 aromatic heterocycles. The average Bonchev–Trinajstić information content (AvgIpc) is 3.55. The number of rotatable bonds is 6. The highest BCUT2D eigenvalue weighted by Gasteiger charge is 2.54. The van der Waals surface area contributed by atoms with E-state index in [0.717, 1.165) is 48.8 Å². The van der Waals surface area contributed by atoms with E-state index in [1.165, 1.54) is 10.6 Å². The first-order chi connectivity index (χ1) is 18.6. The minimum absolute atomic E-state index is 0.0764. The van der Waals surface area contributed by atoms with Gasteiger partial charge in [0.1, 0.15) is 5.65 Å². The van der Waals surface area contributed by atoms with E-state index in [4.69, 9.17) is 4.52 Å². The minimum atomic E-state index is -3.24. The fraction of sp³-hybridized carbons (Fsp3) is 0.615. The zero-order valence-corrected chi connectivity index (χ0v) is 22.6. The first-order valence-corrected chi connectivity index (χ1v) is 15.6. The molecule has 4 N–H and O–H groups in total. The Morgan fingerprint density at radius 1 is 1.21 bits per heavy atom. The van der Waals surface area contributed by atoms with Crippen molar-refractivity contribution in [2.75, 3.05) is 24.7 Å². The maximum absolute atomic E-state index is 12.9. The summed E-state index contributed by atoms with van der Waals surface area (Å²) in [6, 6.07) is 2.02. The summed E-state index contributed by atoms with van der Waals surface area (Å²) in [6.45, 7) is 0.722. The second kappa shape index (κ2) is 9.00. The number of carbonyl (C=O) groups is 1. The Morgan fingerprint density at radius 3 is 2.64 bits per heavy atom. The Hall–Kier alpha value is -3.03. The number of hydrogen-bond donors (Lipinski definition) is 4. The van der Waals surface area contributed by atoms with E-state index in [2.05, 4.69) is 30.7 Å². The van der Waals surface area contributed by atoms with Crippen molar-refractivity contribution in [1.82, 2.24) is 29.7 Å². The molecule has 5 fully saturated rings. The normalized spacial score (nSPS) is 31.1. The highest BCUT2D eigenvalue weighted by molar-refractivity contribution is 7.88. The van der Waals surface area contributed by atoms with Crippen LogP contribution in [0.3, 0.4) is 0 Å². The Labute approximate surface area is 226 Å². The van der Waals surface area contributed by atoms with E-state index in [1.807, 2.05) is 12.3 Å². The predicted octanol–water partition coefficient (Wildman–Crippen LogP) is 2.12. The lowest BCUT2D eigenvalue weighted by molar-refractivity contribution is -0.129. The average molecular weight is 556 g/mol. The summed E-state index contributed by atoms with van der Waals surface area (Å²) >= 11 is 0. The van der Waals surface area contributed by atoms with Crippen molar-refractivity contribution < 1.29 is 22.8 Å². The Kier molecular flexibility index (Phi) is 5.76. The van der Waals surface area contributed by atoms with E-state index in [-0.39, 0.29) is 23.8 Å². The quantitative estimate of drug-likeness (QED) is 0.356. The number of H-pyrrole nitrogens is 1. The molecular weight excluding hydrogens is 522 g/mol. The number of aromatic nitrogens is 4. The van der Waals surface area contributed by atoms with Crippen LogP contribution in [-0.2, 0) is 10.0 Å². The topological polar surface area (TPSA) is 166 Å². The van der Waals surface area contributed by atoms with Gasteiger partial charge in [-0.15, -0.1) is 0 Å². The lowest BCUT2D eigenvalue weighted by atomic mass is 9.52. The molecule has 12 nitrogen and oxygen atoms in total. The van der Waals surface area contributed by atoms with Crippen LogP contribution in [0.1, 0.15) is 55.6 Å². The van der Waals surface area contributed by atoms with Gasteiger partial charge in [-0.25, -0.2) is 17.7 Å². The maximum Gasteiger partial charge on any atom is 0.292 e. The number of pyridine rings is 1. The van der Waals surface area contributed by atoms with E-state index in [1.54, 1.807) is 6.20 Å². The number of aromatic amines is 1. The van der Waals surface area contributed by atoms with Gasteiger partial charge in [-0.2, -0.15) is 4.98 Å². The number of anilines is 1. The molecular formula is C26H33N7O5S. The highest BCUT2D eigenvalue weighted by atomic mass is 32.2. The van der Waals surface area contributed by atoms with Crippen LogP contribution in [0.25, 0.3) is 22.5 Å². The van der Waals surface area contributed by atoms with Gasteiger partial charge < -0.3 is 25.2 Å². The van der Waals surface area contributed by atoms with Crippen molar-refractivity contribution >= 4 is 32.7 Å². The van der Waals surface area contributed by atoms with Crippen LogP contribution in [0, 0.1) is 17.8 Å². The van der Waals surface area contributed by atoms with E-state index in [9.17, 15) is 18.3 Å².